The van der Waals surface area contributed by atoms with Crippen molar-refractivity contribution in [1.29, 1.82) is 0 Å². The Hall–Kier alpha value is -1.18. The van der Waals surface area contributed by atoms with E-state index in [9.17, 15) is 9.59 Å². The molecule has 3 fully saturated rings. The largest absolute Gasteiger partial charge is 0.347 e. The van der Waals surface area contributed by atoms with E-state index in [4.69, 9.17) is 9.47 Å². The second-order valence-corrected chi connectivity index (χ2v) is 7.27. The molecule has 1 saturated carbocycles. The first-order chi connectivity index (χ1) is 11.6. The monoisotopic (exact) mass is 339 g/mol. The van der Waals surface area contributed by atoms with Gasteiger partial charge in [0.25, 0.3) is 0 Å². The first-order valence-corrected chi connectivity index (χ1v) is 9.17. The first-order valence-electron chi connectivity index (χ1n) is 9.17. The molecule has 2 N–H and O–H groups in total. The van der Waals surface area contributed by atoms with Crippen molar-refractivity contribution in [3.8, 4) is 0 Å². The van der Waals surface area contributed by atoms with Crippen LogP contribution in [0.1, 0.15) is 45.4 Å². The number of ether oxygens (including phenoxy) is 2. The second-order valence-electron chi connectivity index (χ2n) is 7.27. The van der Waals surface area contributed by atoms with Gasteiger partial charge in [-0.15, -0.1) is 0 Å². The molecule has 1 aliphatic carbocycles. The molecule has 3 rings (SSSR count). The normalized spacial score (nSPS) is 30.2. The van der Waals surface area contributed by atoms with Crippen molar-refractivity contribution in [1.82, 2.24) is 15.5 Å². The average molecular weight is 339 g/mol. The summed E-state index contributed by atoms with van der Waals surface area (Å²) in [5.74, 6) is -0.203. The van der Waals surface area contributed by atoms with Crippen LogP contribution in [0.4, 0.5) is 4.79 Å². The molecule has 24 heavy (non-hydrogen) atoms. The van der Waals surface area contributed by atoms with Crippen LogP contribution in [0, 0.1) is 5.92 Å². The highest BCUT2D eigenvalue weighted by molar-refractivity contribution is 5.95. The summed E-state index contributed by atoms with van der Waals surface area (Å²) in [5, 5.41) is 5.41. The van der Waals surface area contributed by atoms with Crippen LogP contribution < -0.4 is 10.6 Å². The van der Waals surface area contributed by atoms with E-state index in [0.717, 1.165) is 45.2 Å². The average Bonchev–Trinajstić information content (AvgIpc) is 3.00. The third-order valence-electron chi connectivity index (χ3n) is 5.48. The summed E-state index contributed by atoms with van der Waals surface area (Å²) in [6, 6.07) is -0.187. The number of urea groups is 1. The Morgan fingerprint density at radius 2 is 1.79 bits per heavy atom. The number of nitrogens with zero attached hydrogens (tertiary/aromatic N) is 1. The SMILES string of the molecule is C[C@@H]1CCCC[C@@H]1NC(=O)NC(=O)CN1CCC2(CC1)OCCO2. The van der Waals surface area contributed by atoms with E-state index in [-0.39, 0.29) is 24.5 Å². The van der Waals surface area contributed by atoms with E-state index in [1.54, 1.807) is 0 Å². The van der Waals surface area contributed by atoms with Crippen LogP contribution in [0.15, 0.2) is 0 Å². The number of nitrogens with one attached hydrogen (secondary N) is 2. The number of rotatable bonds is 3. The van der Waals surface area contributed by atoms with Crippen LogP contribution in [-0.2, 0) is 14.3 Å². The fraction of sp³-hybridized carbons (Fsp3) is 0.882. The Morgan fingerprint density at radius 3 is 2.46 bits per heavy atom. The summed E-state index contributed by atoms with van der Waals surface area (Å²) < 4.78 is 11.4. The molecule has 2 heterocycles. The topological polar surface area (TPSA) is 79.9 Å². The molecule has 3 amide bonds. The lowest BCUT2D eigenvalue weighted by molar-refractivity contribution is -0.185. The van der Waals surface area contributed by atoms with Gasteiger partial charge in [0.2, 0.25) is 5.91 Å². The second kappa shape index (κ2) is 7.80. The highest BCUT2D eigenvalue weighted by Gasteiger charge is 2.40. The number of imide groups is 1. The summed E-state index contributed by atoms with van der Waals surface area (Å²) in [6.07, 6.45) is 6.04. The molecule has 2 atom stereocenters. The predicted octanol–water partition coefficient (Wildman–Crippen LogP) is 1.23. The number of hydrogen-bond donors (Lipinski definition) is 2. The lowest BCUT2D eigenvalue weighted by Crippen LogP contribution is -2.52. The van der Waals surface area contributed by atoms with Gasteiger partial charge in [-0.3, -0.25) is 15.0 Å². The van der Waals surface area contributed by atoms with Gasteiger partial charge in [0.1, 0.15) is 0 Å². The maximum Gasteiger partial charge on any atom is 0.321 e. The summed E-state index contributed by atoms with van der Waals surface area (Å²) in [6.45, 7) is 5.19. The number of hydrogen-bond acceptors (Lipinski definition) is 5. The highest BCUT2D eigenvalue weighted by atomic mass is 16.7. The van der Waals surface area contributed by atoms with Gasteiger partial charge in [0, 0.05) is 32.0 Å². The van der Waals surface area contributed by atoms with E-state index in [1.807, 2.05) is 4.90 Å². The van der Waals surface area contributed by atoms with Gasteiger partial charge in [0.15, 0.2) is 5.79 Å². The van der Waals surface area contributed by atoms with Gasteiger partial charge in [0.05, 0.1) is 19.8 Å². The Labute approximate surface area is 143 Å². The predicted molar refractivity (Wildman–Crippen MR) is 88.4 cm³/mol. The Kier molecular flexibility index (Phi) is 5.73. The maximum absolute atomic E-state index is 12.1. The number of carbonyl (C=O) groups excluding carboxylic acids is 2. The van der Waals surface area contributed by atoms with Gasteiger partial charge >= 0.3 is 6.03 Å². The Morgan fingerprint density at radius 1 is 1.12 bits per heavy atom. The van der Waals surface area contributed by atoms with Gasteiger partial charge in [-0.25, -0.2) is 4.79 Å². The minimum atomic E-state index is -0.429. The van der Waals surface area contributed by atoms with E-state index in [2.05, 4.69) is 17.6 Å². The Bertz CT molecular complexity index is 455. The summed E-state index contributed by atoms with van der Waals surface area (Å²) in [4.78, 5) is 26.1. The van der Waals surface area contributed by atoms with Crippen molar-refractivity contribution in [3.63, 3.8) is 0 Å². The van der Waals surface area contributed by atoms with E-state index >= 15 is 0 Å². The molecule has 0 aromatic rings. The molecule has 136 valence electrons. The zero-order valence-corrected chi connectivity index (χ0v) is 14.5. The molecule has 0 aromatic carbocycles. The van der Waals surface area contributed by atoms with Gasteiger partial charge in [-0.05, 0) is 18.8 Å². The fourth-order valence-electron chi connectivity index (χ4n) is 3.94. The molecule has 7 nitrogen and oxygen atoms in total. The zero-order valence-electron chi connectivity index (χ0n) is 14.5. The molecule has 0 radical (unpaired) electrons. The lowest BCUT2D eigenvalue weighted by Gasteiger charge is -2.37. The highest BCUT2D eigenvalue weighted by Crippen LogP contribution is 2.31. The molecular formula is C17H29N3O4. The summed E-state index contributed by atoms with van der Waals surface area (Å²) in [5.41, 5.74) is 0. The van der Waals surface area contributed by atoms with Crippen LogP contribution in [0.5, 0.6) is 0 Å². The van der Waals surface area contributed by atoms with Crippen LogP contribution in [0.2, 0.25) is 0 Å². The van der Waals surface area contributed by atoms with Crippen molar-refractivity contribution in [2.75, 3.05) is 32.8 Å². The minimum Gasteiger partial charge on any atom is -0.347 e. The van der Waals surface area contributed by atoms with Crippen LogP contribution in [0.25, 0.3) is 0 Å². The lowest BCUT2D eigenvalue weighted by atomic mass is 9.86. The van der Waals surface area contributed by atoms with Crippen molar-refractivity contribution in [3.05, 3.63) is 0 Å². The molecule has 2 aliphatic heterocycles. The zero-order chi connectivity index (χ0) is 17.0. The number of likely N-dealkylation sites (tertiary alicyclic amines) is 1. The molecule has 0 unspecified atom stereocenters. The molecule has 0 aromatic heterocycles. The van der Waals surface area contributed by atoms with E-state index in [1.165, 1.54) is 6.42 Å². The van der Waals surface area contributed by atoms with E-state index in [0.29, 0.717) is 19.1 Å². The third kappa shape index (κ3) is 4.46. The van der Waals surface area contributed by atoms with E-state index < -0.39 is 5.79 Å². The third-order valence-corrected chi connectivity index (χ3v) is 5.48. The molecule has 3 aliphatic rings. The van der Waals surface area contributed by atoms with Crippen molar-refractivity contribution < 1.29 is 19.1 Å². The minimum absolute atomic E-state index is 0.179. The molecule has 1 spiro atoms. The Balaban J connectivity index is 1.37. The molecule has 0 bridgehead atoms. The van der Waals surface area contributed by atoms with Gasteiger partial charge in [-0.1, -0.05) is 19.8 Å². The van der Waals surface area contributed by atoms with Crippen LogP contribution in [0.3, 0.4) is 0 Å². The number of carbonyl (C=O) groups is 2. The molecule has 2 saturated heterocycles. The number of amides is 3. The summed E-state index contributed by atoms with van der Waals surface area (Å²) >= 11 is 0. The smallest absolute Gasteiger partial charge is 0.321 e. The van der Waals surface area contributed by atoms with Gasteiger partial charge in [-0.2, -0.15) is 0 Å². The quantitative estimate of drug-likeness (QED) is 0.808. The first kappa shape index (κ1) is 17.6. The van der Waals surface area contributed by atoms with Crippen molar-refractivity contribution in [2.45, 2.75) is 57.3 Å². The fourth-order valence-corrected chi connectivity index (χ4v) is 3.94. The molecular weight excluding hydrogens is 310 g/mol. The molecule has 7 heteroatoms. The van der Waals surface area contributed by atoms with Crippen molar-refractivity contribution in [2.24, 2.45) is 5.92 Å². The summed E-state index contributed by atoms with van der Waals surface area (Å²) in [7, 11) is 0. The maximum atomic E-state index is 12.1. The van der Waals surface area contributed by atoms with Crippen molar-refractivity contribution >= 4 is 11.9 Å². The van der Waals surface area contributed by atoms with Crippen LogP contribution >= 0.6 is 0 Å². The standard InChI is InChI=1S/C17H29N3O4/c1-13-4-2-3-5-14(13)18-16(22)19-15(21)12-20-8-6-17(7-9-20)23-10-11-24-17/h13-14H,2-12H2,1H3,(H2,18,19,21,22)/t13-,14+/m1/s1. The van der Waals surface area contributed by atoms with Gasteiger partial charge < -0.3 is 14.8 Å². The van der Waals surface area contributed by atoms with Crippen LogP contribution in [-0.4, -0.2) is 61.5 Å². The number of piperidine rings is 1.